The van der Waals surface area contributed by atoms with Crippen LogP contribution in [0.1, 0.15) is 105 Å². The third-order valence-corrected chi connectivity index (χ3v) is 14.5. The summed E-state index contributed by atoms with van der Waals surface area (Å²) < 4.78 is 42.0. The predicted molar refractivity (Wildman–Crippen MR) is 207 cm³/mol. The minimum atomic E-state index is -3.18. The zero-order valence-electron chi connectivity index (χ0n) is 32.5. The highest BCUT2D eigenvalue weighted by Gasteiger charge is 2.45. The highest BCUT2D eigenvalue weighted by Crippen LogP contribution is 2.41. The molecule has 1 unspecified atom stereocenters. The van der Waals surface area contributed by atoms with E-state index in [1.165, 1.54) is 12.4 Å². The van der Waals surface area contributed by atoms with Gasteiger partial charge in [-0.25, -0.2) is 27.1 Å². The van der Waals surface area contributed by atoms with Gasteiger partial charge in [0.25, 0.3) is 5.91 Å². The van der Waals surface area contributed by atoms with Gasteiger partial charge in [0.1, 0.15) is 18.2 Å². The molecule has 0 bridgehead atoms. The van der Waals surface area contributed by atoms with E-state index in [0.29, 0.717) is 44.7 Å². The van der Waals surface area contributed by atoms with Crippen molar-refractivity contribution in [2.24, 2.45) is 17.4 Å². The molecule has 4 aliphatic rings. The topological polar surface area (TPSA) is 179 Å². The molecule has 0 spiro atoms. The van der Waals surface area contributed by atoms with Gasteiger partial charge >= 0.3 is 5.97 Å². The number of unbranched alkanes of at least 4 members (excludes halogenated alkanes) is 1. The molecule has 3 aliphatic heterocycles. The number of carboxylic acids is 1. The van der Waals surface area contributed by atoms with Crippen LogP contribution < -0.4 is 11.5 Å². The van der Waals surface area contributed by atoms with E-state index in [4.69, 9.17) is 16.6 Å². The molecule has 4 heterocycles. The zero-order valence-corrected chi connectivity index (χ0v) is 33.3. The summed E-state index contributed by atoms with van der Waals surface area (Å²) in [6, 6.07) is 6.58. The fourth-order valence-electron chi connectivity index (χ4n) is 8.52. The molecule has 1 amide bonds. The lowest BCUT2D eigenvalue weighted by Gasteiger charge is -2.54. The number of piperazine rings is 1. The number of piperidine rings is 2. The van der Waals surface area contributed by atoms with Gasteiger partial charge in [-0.1, -0.05) is 18.6 Å². The van der Waals surface area contributed by atoms with E-state index in [1.54, 1.807) is 16.4 Å². The standard InChI is InChI=1S/C33H47FN6O3S.C6H14N2O2/c1-23-21-38(33(4)12-16-37(17-13-33)32(41)30-24(2)35-22-36-25(30)3)18-19-40(23)31(27-6-5-7-28(34)20-27)26-10-14-39(15-11-26)44(42,43)29-8-9-29;7-4-2-1-3-5(8)6(9)10/h5-7,20,22-23,26,29,31H,8-19,21H2,1-4H3;5H,1-4,7-8H2,(H,9,10)/t23-,31+;/m1./s1. The second-order valence-corrected chi connectivity index (χ2v) is 18.2. The van der Waals surface area contributed by atoms with Gasteiger partial charge in [0.05, 0.1) is 22.2 Å². The number of nitrogens with two attached hydrogens (primary N) is 2. The summed E-state index contributed by atoms with van der Waals surface area (Å²) >= 11 is 0. The van der Waals surface area contributed by atoms with Gasteiger partial charge in [-0.3, -0.25) is 19.4 Å². The van der Waals surface area contributed by atoms with Gasteiger partial charge < -0.3 is 21.5 Å². The number of halogens is 1. The number of hydrogen-bond acceptors (Lipinski definition) is 10. The first-order valence-electron chi connectivity index (χ1n) is 19.7. The first-order chi connectivity index (χ1) is 25.7. The van der Waals surface area contributed by atoms with Crippen LogP contribution in [0.25, 0.3) is 0 Å². The lowest BCUT2D eigenvalue weighted by atomic mass is 9.82. The molecule has 1 aromatic carbocycles. The van der Waals surface area contributed by atoms with E-state index in [-0.39, 0.29) is 40.5 Å². The maximum absolute atomic E-state index is 14.5. The summed E-state index contributed by atoms with van der Waals surface area (Å²) in [6.45, 7) is 14.1. The molecule has 3 atom stereocenters. The van der Waals surface area contributed by atoms with E-state index >= 15 is 0 Å². The van der Waals surface area contributed by atoms with Crippen molar-refractivity contribution in [1.82, 2.24) is 29.0 Å². The van der Waals surface area contributed by atoms with Crippen LogP contribution in [0.4, 0.5) is 4.39 Å². The van der Waals surface area contributed by atoms with E-state index in [2.05, 4.69) is 33.6 Å². The van der Waals surface area contributed by atoms with Crippen molar-refractivity contribution in [3.05, 3.63) is 58.9 Å². The van der Waals surface area contributed by atoms with E-state index in [9.17, 15) is 22.4 Å². The molecule has 1 saturated carbocycles. The summed E-state index contributed by atoms with van der Waals surface area (Å²) in [7, 11) is -3.18. The molecular formula is C39H61FN8O5S. The number of hydrogen-bond donors (Lipinski definition) is 3. The first kappa shape index (κ1) is 42.1. The van der Waals surface area contributed by atoms with Crippen LogP contribution in [-0.2, 0) is 14.8 Å². The Labute approximate surface area is 320 Å². The van der Waals surface area contributed by atoms with Gasteiger partial charge in [0.15, 0.2) is 0 Å². The average Bonchev–Trinajstić information content (AvgIpc) is 4.00. The maximum atomic E-state index is 14.5. The number of benzene rings is 1. The van der Waals surface area contributed by atoms with Gasteiger partial charge in [-0.2, -0.15) is 0 Å². The number of aromatic nitrogens is 2. The monoisotopic (exact) mass is 772 g/mol. The van der Waals surface area contributed by atoms with Crippen molar-refractivity contribution < 1.29 is 27.5 Å². The Hall–Kier alpha value is -3.08. The van der Waals surface area contributed by atoms with Crippen molar-refractivity contribution >= 4 is 21.9 Å². The number of likely N-dealkylation sites (tertiary alicyclic amines) is 1. The Bertz CT molecular complexity index is 1680. The van der Waals surface area contributed by atoms with Crippen LogP contribution >= 0.6 is 0 Å². The Kier molecular flexibility index (Phi) is 14.2. The van der Waals surface area contributed by atoms with Gasteiger partial charge in [0, 0.05) is 63.4 Å². The molecule has 2 aromatic rings. The zero-order chi connectivity index (χ0) is 39.2. The molecule has 300 valence electrons. The Morgan fingerprint density at radius 1 is 1.00 bits per heavy atom. The van der Waals surface area contributed by atoms with Crippen LogP contribution in [0.2, 0.25) is 0 Å². The fourth-order valence-corrected chi connectivity index (χ4v) is 10.4. The summed E-state index contributed by atoms with van der Waals surface area (Å²) in [4.78, 5) is 39.1. The second-order valence-electron chi connectivity index (χ2n) is 16.0. The average molecular weight is 773 g/mol. The quantitative estimate of drug-likeness (QED) is 0.268. The number of carbonyl (C=O) groups excluding carboxylic acids is 1. The molecule has 4 fully saturated rings. The van der Waals surface area contributed by atoms with E-state index < -0.39 is 22.0 Å². The minimum absolute atomic E-state index is 0.00866. The predicted octanol–water partition coefficient (Wildman–Crippen LogP) is 3.71. The highest BCUT2D eigenvalue weighted by atomic mass is 32.2. The molecule has 54 heavy (non-hydrogen) atoms. The normalized spacial score (nSPS) is 22.9. The summed E-state index contributed by atoms with van der Waals surface area (Å²) in [5.41, 5.74) is 13.5. The second kappa shape index (κ2) is 18.2. The van der Waals surface area contributed by atoms with Gasteiger partial charge in [0.2, 0.25) is 10.0 Å². The lowest BCUT2D eigenvalue weighted by molar-refractivity contribution is -0.138. The Balaban J connectivity index is 0.000000493. The third kappa shape index (κ3) is 10.0. The van der Waals surface area contributed by atoms with Crippen LogP contribution in [0, 0.1) is 25.6 Å². The number of rotatable bonds is 12. The molecule has 1 aromatic heterocycles. The van der Waals surface area contributed by atoms with Crippen molar-refractivity contribution in [1.29, 1.82) is 0 Å². The number of aryl methyl sites for hydroxylation is 2. The molecule has 3 saturated heterocycles. The van der Waals surface area contributed by atoms with Crippen molar-refractivity contribution in [2.45, 2.75) is 114 Å². The largest absolute Gasteiger partial charge is 0.480 e. The first-order valence-corrected chi connectivity index (χ1v) is 21.2. The van der Waals surface area contributed by atoms with Crippen LogP contribution in [0.5, 0.6) is 0 Å². The summed E-state index contributed by atoms with van der Waals surface area (Å²) in [5.74, 6) is -0.879. The van der Waals surface area contributed by atoms with E-state index in [1.807, 2.05) is 24.8 Å². The minimum Gasteiger partial charge on any atom is -0.480 e. The molecule has 6 rings (SSSR count). The number of nitrogens with zero attached hydrogens (tertiary/aromatic N) is 6. The van der Waals surface area contributed by atoms with Gasteiger partial charge in [-0.05, 0) is 109 Å². The van der Waals surface area contributed by atoms with Crippen LogP contribution in [0.15, 0.2) is 30.6 Å². The maximum Gasteiger partial charge on any atom is 0.320 e. The van der Waals surface area contributed by atoms with Crippen LogP contribution in [-0.4, -0.2) is 130 Å². The Morgan fingerprint density at radius 2 is 1.65 bits per heavy atom. The number of carbonyl (C=O) groups is 2. The van der Waals surface area contributed by atoms with Gasteiger partial charge in [-0.15, -0.1) is 0 Å². The fraction of sp³-hybridized carbons (Fsp3) is 0.692. The summed E-state index contributed by atoms with van der Waals surface area (Å²) in [5, 5.41) is 8.14. The third-order valence-electron chi connectivity index (χ3n) is 12.1. The number of carboxylic acid groups (broad SMARTS) is 1. The van der Waals surface area contributed by atoms with Crippen molar-refractivity contribution in [3.63, 3.8) is 0 Å². The molecule has 0 radical (unpaired) electrons. The highest BCUT2D eigenvalue weighted by molar-refractivity contribution is 7.90. The number of aliphatic carboxylic acids is 1. The number of sulfonamides is 1. The van der Waals surface area contributed by atoms with Crippen molar-refractivity contribution in [2.75, 3.05) is 52.4 Å². The lowest BCUT2D eigenvalue weighted by Crippen LogP contribution is -2.63. The SMILES string of the molecule is Cc1ncnc(C)c1C(=O)N1CCC(C)(N2CCN([C@H](c3cccc(F)c3)C3CCN(S(=O)(=O)C4CC4)CC3)[C@H](C)C2)CC1.NCCCCC(N)C(=O)O. The molecule has 15 heteroatoms. The van der Waals surface area contributed by atoms with E-state index in [0.717, 1.165) is 88.0 Å². The molecule has 5 N–H and O–H groups in total. The van der Waals surface area contributed by atoms with Crippen molar-refractivity contribution in [3.8, 4) is 0 Å². The Morgan fingerprint density at radius 3 is 2.20 bits per heavy atom. The molecular weight excluding hydrogens is 712 g/mol. The van der Waals surface area contributed by atoms with Crippen LogP contribution in [0.3, 0.4) is 0 Å². The molecule has 1 aliphatic carbocycles. The smallest absolute Gasteiger partial charge is 0.320 e. The summed E-state index contributed by atoms with van der Waals surface area (Å²) in [6.07, 6.45) is 8.61. The number of amides is 1. The molecule has 13 nitrogen and oxygen atoms in total.